The molecule has 44 heavy (non-hydrogen) atoms. The fraction of sp³-hybridized carbons (Fsp3) is 0.484. The Morgan fingerprint density at radius 1 is 1.07 bits per heavy atom. The van der Waals surface area contributed by atoms with Crippen LogP contribution in [0.15, 0.2) is 42.6 Å². The average Bonchev–Trinajstić information content (AvgIpc) is 3.39. The van der Waals surface area contributed by atoms with Gasteiger partial charge < -0.3 is 23.8 Å². The van der Waals surface area contributed by atoms with Crippen LogP contribution in [0, 0.1) is 6.92 Å². The number of likely N-dealkylation sites (tertiary alicyclic amines) is 1. The first-order chi connectivity index (χ1) is 20.6. The molecule has 0 unspecified atom stereocenters. The molecule has 0 bridgehead atoms. The van der Waals surface area contributed by atoms with Gasteiger partial charge >= 0.3 is 24.9 Å². The van der Waals surface area contributed by atoms with Gasteiger partial charge in [0.2, 0.25) is 0 Å². The first-order valence-corrected chi connectivity index (χ1v) is 14.0. The molecule has 1 aromatic heterocycles. The average molecular weight is 627 g/mol. The van der Waals surface area contributed by atoms with Crippen molar-refractivity contribution in [3.63, 3.8) is 0 Å². The van der Waals surface area contributed by atoms with Crippen LogP contribution >= 0.6 is 0 Å². The van der Waals surface area contributed by atoms with Gasteiger partial charge in [0.25, 0.3) is 0 Å². The molecule has 1 aliphatic heterocycles. The quantitative estimate of drug-likeness (QED) is 0.192. The number of hydrogen-bond donors (Lipinski definition) is 0. The molecule has 0 spiro atoms. The first kappa shape index (κ1) is 33.0. The van der Waals surface area contributed by atoms with Crippen molar-refractivity contribution in [1.29, 1.82) is 0 Å². The highest BCUT2D eigenvalue weighted by Crippen LogP contribution is 2.43. The number of ether oxygens (including phenoxy) is 4. The van der Waals surface area contributed by atoms with Crippen LogP contribution in [0.3, 0.4) is 0 Å². The lowest BCUT2D eigenvalue weighted by atomic mass is 9.87. The molecule has 13 heteroatoms. The lowest BCUT2D eigenvalue weighted by Crippen LogP contribution is -2.45. The second-order valence-electron chi connectivity index (χ2n) is 11.7. The molecule has 1 aliphatic rings. The maximum absolute atomic E-state index is 13.5. The van der Waals surface area contributed by atoms with Crippen molar-refractivity contribution < 1.29 is 50.5 Å². The Hall–Kier alpha value is -3.87. The SMILES string of the molecule is COC(=O)c1ccc([C@H]2CN(CCC(F)(F)F)CC[C@@H]2Oc2c(OC(F)F)cc(C)c3c2ccn3C(=O)OC(C)(C)C)cc1. The van der Waals surface area contributed by atoms with Gasteiger partial charge in [-0.2, -0.15) is 22.0 Å². The summed E-state index contributed by atoms with van der Waals surface area (Å²) in [7, 11) is 1.25. The third kappa shape index (κ3) is 7.99. The predicted molar refractivity (Wildman–Crippen MR) is 152 cm³/mol. The van der Waals surface area contributed by atoms with E-state index in [1.165, 1.54) is 23.9 Å². The number of carbonyl (C=O) groups excluding carboxylic acids is 2. The molecule has 2 atom stereocenters. The molecular weight excluding hydrogens is 591 g/mol. The zero-order valence-electron chi connectivity index (χ0n) is 25.0. The van der Waals surface area contributed by atoms with E-state index in [-0.39, 0.29) is 43.1 Å². The van der Waals surface area contributed by atoms with E-state index in [1.54, 1.807) is 62.9 Å². The number of halogens is 5. The molecule has 2 aromatic carbocycles. The van der Waals surface area contributed by atoms with Gasteiger partial charge in [-0.25, -0.2) is 9.59 Å². The molecule has 8 nitrogen and oxygen atoms in total. The predicted octanol–water partition coefficient (Wildman–Crippen LogP) is 7.31. The van der Waals surface area contributed by atoms with Crippen LogP contribution in [-0.2, 0) is 9.47 Å². The Morgan fingerprint density at radius 3 is 2.34 bits per heavy atom. The summed E-state index contributed by atoms with van der Waals surface area (Å²) in [5.41, 5.74) is 0.990. The van der Waals surface area contributed by atoms with E-state index in [9.17, 15) is 31.5 Å². The summed E-state index contributed by atoms with van der Waals surface area (Å²) in [5.74, 6) is -1.33. The van der Waals surface area contributed by atoms with E-state index in [1.807, 2.05) is 0 Å². The number of aromatic nitrogens is 1. The van der Waals surface area contributed by atoms with Gasteiger partial charge in [-0.3, -0.25) is 4.57 Å². The molecule has 3 aromatic rings. The zero-order chi connectivity index (χ0) is 32.4. The molecule has 0 saturated carbocycles. The first-order valence-electron chi connectivity index (χ1n) is 14.0. The molecule has 240 valence electrons. The van der Waals surface area contributed by atoms with Crippen molar-refractivity contribution in [1.82, 2.24) is 9.47 Å². The van der Waals surface area contributed by atoms with E-state index in [0.29, 0.717) is 22.0 Å². The van der Waals surface area contributed by atoms with Crippen LogP contribution < -0.4 is 9.47 Å². The summed E-state index contributed by atoms with van der Waals surface area (Å²) in [4.78, 5) is 26.6. The number of hydrogen-bond acceptors (Lipinski definition) is 7. The number of aryl methyl sites for hydroxylation is 1. The maximum atomic E-state index is 13.5. The summed E-state index contributed by atoms with van der Waals surface area (Å²) in [6.45, 7) is 3.82. The Bertz CT molecular complexity index is 1480. The number of esters is 1. The third-order valence-electron chi connectivity index (χ3n) is 7.26. The normalized spacial score (nSPS) is 18.0. The van der Waals surface area contributed by atoms with E-state index in [4.69, 9.17) is 18.9 Å². The molecule has 1 fully saturated rings. The Labute approximate surface area is 251 Å². The number of alkyl halides is 5. The fourth-order valence-electron chi connectivity index (χ4n) is 5.33. The number of nitrogens with zero attached hydrogens (tertiary/aromatic N) is 2. The molecule has 0 radical (unpaired) electrons. The second-order valence-corrected chi connectivity index (χ2v) is 11.7. The summed E-state index contributed by atoms with van der Waals surface area (Å²) < 4.78 is 89.0. The lowest BCUT2D eigenvalue weighted by molar-refractivity contribution is -0.139. The van der Waals surface area contributed by atoms with E-state index < -0.39 is 48.9 Å². The van der Waals surface area contributed by atoms with Crippen LogP contribution in [0.4, 0.5) is 26.7 Å². The minimum absolute atomic E-state index is 0.0295. The van der Waals surface area contributed by atoms with Gasteiger partial charge in [0.15, 0.2) is 11.5 Å². The van der Waals surface area contributed by atoms with Crippen LogP contribution in [-0.4, -0.2) is 72.8 Å². The molecular formula is C31H35F5N2O6. The second kappa shape index (κ2) is 13.0. The summed E-state index contributed by atoms with van der Waals surface area (Å²) >= 11 is 0. The monoisotopic (exact) mass is 626 g/mol. The van der Waals surface area contributed by atoms with Gasteiger partial charge in [-0.1, -0.05) is 12.1 Å². The van der Waals surface area contributed by atoms with Crippen molar-refractivity contribution in [2.75, 3.05) is 26.7 Å². The highest BCUT2D eigenvalue weighted by molar-refractivity contribution is 5.97. The Balaban J connectivity index is 1.75. The fourth-order valence-corrected chi connectivity index (χ4v) is 5.33. The highest BCUT2D eigenvalue weighted by Gasteiger charge is 2.36. The highest BCUT2D eigenvalue weighted by atomic mass is 19.4. The number of carbonyl (C=O) groups is 2. The number of piperidine rings is 1. The summed E-state index contributed by atoms with van der Waals surface area (Å²) in [6, 6.07) is 9.32. The lowest BCUT2D eigenvalue weighted by Gasteiger charge is -2.39. The van der Waals surface area contributed by atoms with Crippen molar-refractivity contribution in [3.8, 4) is 11.5 Å². The molecule has 1 saturated heterocycles. The van der Waals surface area contributed by atoms with Gasteiger partial charge in [-0.15, -0.1) is 0 Å². The molecule has 2 heterocycles. The van der Waals surface area contributed by atoms with Crippen LogP contribution in [0.25, 0.3) is 10.9 Å². The van der Waals surface area contributed by atoms with Crippen molar-refractivity contribution in [3.05, 3.63) is 59.3 Å². The van der Waals surface area contributed by atoms with Crippen LogP contribution in [0.2, 0.25) is 0 Å². The maximum Gasteiger partial charge on any atom is 0.419 e. The summed E-state index contributed by atoms with van der Waals surface area (Å²) in [6.07, 6.45) is -4.97. The molecule has 4 rings (SSSR count). The molecule has 0 amide bonds. The van der Waals surface area contributed by atoms with Crippen molar-refractivity contribution >= 4 is 23.0 Å². The minimum atomic E-state index is -4.33. The van der Waals surface area contributed by atoms with Crippen molar-refractivity contribution in [2.24, 2.45) is 0 Å². The smallest absolute Gasteiger partial charge is 0.419 e. The van der Waals surface area contributed by atoms with Gasteiger partial charge in [0.1, 0.15) is 11.7 Å². The standard InChI is InChI=1S/C31H35F5N2O6/c1-18-16-24(43-28(32)33)26(21-10-14-38(25(18)21)29(40)44-30(2,3)4)42-23-11-13-37(15-12-31(34,35)36)17-22(23)19-6-8-20(9-7-19)27(39)41-5/h6-10,14,16,22-23,28H,11-13,15,17H2,1-5H3/t22-,23+/m1/s1. The zero-order valence-corrected chi connectivity index (χ0v) is 25.0. The Kier molecular flexibility index (Phi) is 9.77. The van der Waals surface area contributed by atoms with Gasteiger partial charge in [-0.05, 0) is 69.5 Å². The third-order valence-corrected chi connectivity index (χ3v) is 7.26. The molecule has 0 N–H and O–H groups in total. The molecule has 0 aliphatic carbocycles. The summed E-state index contributed by atoms with van der Waals surface area (Å²) in [5, 5.41) is 0.325. The van der Waals surface area contributed by atoms with E-state index >= 15 is 0 Å². The van der Waals surface area contributed by atoms with E-state index in [0.717, 1.165) is 0 Å². The van der Waals surface area contributed by atoms with E-state index in [2.05, 4.69) is 0 Å². The number of rotatable bonds is 8. The van der Waals surface area contributed by atoms with Crippen LogP contribution in [0.1, 0.15) is 61.0 Å². The van der Waals surface area contributed by atoms with Gasteiger partial charge in [0.05, 0.1) is 24.6 Å². The number of fused-ring (bicyclic) bond motifs is 1. The Morgan fingerprint density at radius 2 is 1.75 bits per heavy atom. The van der Waals surface area contributed by atoms with Crippen molar-refractivity contribution in [2.45, 2.75) is 70.9 Å². The van der Waals surface area contributed by atoms with Crippen LogP contribution in [0.5, 0.6) is 11.5 Å². The number of methoxy groups -OCH3 is 1. The number of benzene rings is 2. The largest absolute Gasteiger partial charge is 0.485 e. The minimum Gasteiger partial charge on any atom is -0.485 e. The topological polar surface area (TPSA) is 79.2 Å². The van der Waals surface area contributed by atoms with Gasteiger partial charge in [0, 0.05) is 37.1 Å².